The number of halogens is 4. The lowest BCUT2D eigenvalue weighted by molar-refractivity contribution is -0.137. The van der Waals surface area contributed by atoms with Crippen LogP contribution in [-0.2, 0) is 12.7 Å². The molecule has 5 nitrogen and oxygen atoms in total. The molecule has 3 rings (SSSR count). The molecular formula is C17H12F4N4O. The number of amides is 1. The summed E-state index contributed by atoms with van der Waals surface area (Å²) in [6.45, 7) is 0.0589. The Morgan fingerprint density at radius 1 is 1.12 bits per heavy atom. The van der Waals surface area contributed by atoms with Crippen LogP contribution in [-0.4, -0.2) is 20.7 Å². The van der Waals surface area contributed by atoms with Crippen LogP contribution in [0.3, 0.4) is 0 Å². The number of alkyl halides is 3. The first-order chi connectivity index (χ1) is 12.3. The van der Waals surface area contributed by atoms with Gasteiger partial charge in [-0.3, -0.25) is 10.1 Å². The molecule has 1 amide bonds. The molecule has 9 heteroatoms. The zero-order chi connectivity index (χ0) is 18.7. The lowest BCUT2D eigenvalue weighted by Crippen LogP contribution is -2.13. The minimum absolute atomic E-state index is 0.00805. The number of anilines is 1. The van der Waals surface area contributed by atoms with Gasteiger partial charge in [-0.15, -0.1) is 5.10 Å². The molecule has 0 aliphatic heterocycles. The van der Waals surface area contributed by atoms with Crippen molar-refractivity contribution in [2.75, 3.05) is 5.32 Å². The second-order valence-electron chi connectivity index (χ2n) is 5.42. The first-order valence-electron chi connectivity index (χ1n) is 7.44. The Labute approximate surface area is 145 Å². The summed E-state index contributed by atoms with van der Waals surface area (Å²) >= 11 is 0. The third kappa shape index (κ3) is 4.24. The maximum absolute atomic E-state index is 12.9. The molecular weight excluding hydrogens is 352 g/mol. The average molecular weight is 364 g/mol. The Morgan fingerprint density at radius 3 is 2.54 bits per heavy atom. The normalized spacial score (nSPS) is 11.4. The Bertz CT molecular complexity index is 919. The number of hydrogen-bond acceptors (Lipinski definition) is 3. The van der Waals surface area contributed by atoms with Crippen molar-refractivity contribution in [2.45, 2.75) is 12.7 Å². The third-order valence-electron chi connectivity index (χ3n) is 3.47. The van der Waals surface area contributed by atoms with Crippen molar-refractivity contribution in [3.8, 4) is 0 Å². The van der Waals surface area contributed by atoms with Crippen molar-refractivity contribution in [1.82, 2.24) is 14.8 Å². The van der Waals surface area contributed by atoms with Crippen LogP contribution in [0.4, 0.5) is 23.5 Å². The number of aromatic nitrogens is 3. The predicted octanol–water partition coefficient (Wildman–Crippen LogP) is 3.74. The largest absolute Gasteiger partial charge is 0.416 e. The highest BCUT2D eigenvalue weighted by Crippen LogP contribution is 2.29. The van der Waals surface area contributed by atoms with E-state index in [2.05, 4.69) is 15.4 Å². The maximum Gasteiger partial charge on any atom is 0.416 e. The predicted molar refractivity (Wildman–Crippen MR) is 84.9 cm³/mol. The van der Waals surface area contributed by atoms with Crippen LogP contribution in [0.1, 0.15) is 21.5 Å². The van der Waals surface area contributed by atoms with E-state index in [9.17, 15) is 22.4 Å². The zero-order valence-electron chi connectivity index (χ0n) is 13.2. The van der Waals surface area contributed by atoms with Gasteiger partial charge in [0.2, 0.25) is 5.95 Å². The molecule has 1 aromatic heterocycles. The van der Waals surface area contributed by atoms with Gasteiger partial charge in [0.15, 0.2) is 0 Å². The third-order valence-corrected chi connectivity index (χ3v) is 3.47. The van der Waals surface area contributed by atoms with Crippen molar-refractivity contribution in [2.24, 2.45) is 0 Å². The standard InChI is InChI=1S/C17H12F4N4O/c18-14-6-4-12(5-7-14)15(26)23-16-22-10-25(24-16)9-11-2-1-3-13(8-11)17(19,20)21/h1-8,10H,9H2,(H,23,24,26). The summed E-state index contributed by atoms with van der Waals surface area (Å²) in [5.74, 6) is -1.00. The molecule has 0 spiro atoms. The molecule has 0 saturated heterocycles. The Kier molecular flexibility index (Phi) is 4.70. The maximum atomic E-state index is 12.9. The first kappa shape index (κ1) is 17.6. The van der Waals surface area contributed by atoms with E-state index in [0.29, 0.717) is 5.56 Å². The van der Waals surface area contributed by atoms with Crippen LogP contribution in [0.15, 0.2) is 54.9 Å². The number of benzene rings is 2. The SMILES string of the molecule is O=C(Nc1ncn(Cc2cccc(C(F)(F)F)c2)n1)c1ccc(F)cc1. The summed E-state index contributed by atoms with van der Waals surface area (Å²) < 4.78 is 52.4. The van der Waals surface area contributed by atoms with Gasteiger partial charge < -0.3 is 0 Å². The molecule has 0 radical (unpaired) electrons. The van der Waals surface area contributed by atoms with Crippen LogP contribution >= 0.6 is 0 Å². The number of nitrogens with zero attached hydrogens (tertiary/aromatic N) is 3. The van der Waals surface area contributed by atoms with Gasteiger partial charge in [0, 0.05) is 5.56 Å². The molecule has 0 atom stereocenters. The van der Waals surface area contributed by atoms with E-state index in [1.807, 2.05) is 0 Å². The van der Waals surface area contributed by atoms with Crippen LogP contribution in [0.5, 0.6) is 0 Å². The molecule has 0 aliphatic rings. The molecule has 3 aromatic rings. The monoisotopic (exact) mass is 364 g/mol. The van der Waals surface area contributed by atoms with Gasteiger partial charge in [-0.2, -0.15) is 13.2 Å². The van der Waals surface area contributed by atoms with E-state index >= 15 is 0 Å². The lowest BCUT2D eigenvalue weighted by atomic mass is 10.1. The minimum Gasteiger partial charge on any atom is -0.289 e. The van der Waals surface area contributed by atoms with Crippen molar-refractivity contribution in [1.29, 1.82) is 0 Å². The number of nitrogens with one attached hydrogen (secondary N) is 1. The van der Waals surface area contributed by atoms with Gasteiger partial charge in [0.05, 0.1) is 12.1 Å². The van der Waals surface area contributed by atoms with Gasteiger partial charge in [-0.05, 0) is 42.0 Å². The van der Waals surface area contributed by atoms with E-state index in [1.54, 1.807) is 0 Å². The van der Waals surface area contributed by atoms with Gasteiger partial charge in [-0.25, -0.2) is 14.1 Å². The second-order valence-corrected chi connectivity index (χ2v) is 5.42. The number of hydrogen-bond donors (Lipinski definition) is 1. The van der Waals surface area contributed by atoms with Gasteiger partial charge in [-0.1, -0.05) is 12.1 Å². The molecule has 1 heterocycles. The summed E-state index contributed by atoms with van der Waals surface area (Å²) in [7, 11) is 0. The zero-order valence-corrected chi connectivity index (χ0v) is 13.2. The highest BCUT2D eigenvalue weighted by molar-refractivity contribution is 6.03. The second kappa shape index (κ2) is 6.95. The smallest absolute Gasteiger partial charge is 0.289 e. The van der Waals surface area contributed by atoms with Gasteiger partial charge in [0.1, 0.15) is 12.1 Å². The topological polar surface area (TPSA) is 59.8 Å². The molecule has 0 aliphatic carbocycles. The molecule has 134 valence electrons. The van der Waals surface area contributed by atoms with E-state index in [0.717, 1.165) is 24.3 Å². The fourth-order valence-electron chi connectivity index (χ4n) is 2.24. The number of carbonyl (C=O) groups is 1. The minimum atomic E-state index is -4.42. The van der Waals surface area contributed by atoms with E-state index in [4.69, 9.17) is 0 Å². The molecule has 1 N–H and O–H groups in total. The first-order valence-corrected chi connectivity index (χ1v) is 7.44. The van der Waals surface area contributed by atoms with Crippen LogP contribution < -0.4 is 5.32 Å². The summed E-state index contributed by atoms with van der Waals surface area (Å²) in [4.78, 5) is 15.9. The van der Waals surface area contributed by atoms with Crippen LogP contribution in [0, 0.1) is 5.82 Å². The molecule has 0 bridgehead atoms. The summed E-state index contributed by atoms with van der Waals surface area (Å²) in [5.41, 5.74) is -0.137. The highest BCUT2D eigenvalue weighted by atomic mass is 19.4. The van der Waals surface area contributed by atoms with Gasteiger partial charge in [0.25, 0.3) is 5.91 Å². The Balaban J connectivity index is 1.68. The summed E-state index contributed by atoms with van der Waals surface area (Å²) in [6, 6.07) is 9.77. The number of carbonyl (C=O) groups excluding carboxylic acids is 1. The summed E-state index contributed by atoms with van der Waals surface area (Å²) in [5, 5.41) is 6.43. The van der Waals surface area contributed by atoms with Crippen LogP contribution in [0.2, 0.25) is 0 Å². The summed E-state index contributed by atoms with van der Waals surface area (Å²) in [6.07, 6.45) is -3.13. The van der Waals surface area contributed by atoms with E-state index < -0.39 is 23.5 Å². The van der Waals surface area contributed by atoms with Crippen molar-refractivity contribution in [3.05, 3.63) is 77.4 Å². The quantitative estimate of drug-likeness (QED) is 0.718. The lowest BCUT2D eigenvalue weighted by Gasteiger charge is -2.08. The fraction of sp³-hybridized carbons (Fsp3) is 0.118. The molecule has 0 unspecified atom stereocenters. The average Bonchev–Trinajstić information content (AvgIpc) is 3.02. The molecule has 26 heavy (non-hydrogen) atoms. The van der Waals surface area contributed by atoms with Crippen molar-refractivity contribution < 1.29 is 22.4 Å². The Hall–Kier alpha value is -3.23. The Morgan fingerprint density at radius 2 is 1.85 bits per heavy atom. The molecule has 0 saturated carbocycles. The fourth-order valence-corrected chi connectivity index (χ4v) is 2.24. The van der Waals surface area contributed by atoms with E-state index in [-0.39, 0.29) is 18.1 Å². The number of rotatable bonds is 4. The van der Waals surface area contributed by atoms with Crippen LogP contribution in [0.25, 0.3) is 0 Å². The van der Waals surface area contributed by atoms with E-state index in [1.165, 1.54) is 35.3 Å². The molecule has 2 aromatic carbocycles. The molecule has 0 fully saturated rings. The van der Waals surface area contributed by atoms with Gasteiger partial charge >= 0.3 is 6.18 Å². The van der Waals surface area contributed by atoms with Crippen molar-refractivity contribution in [3.63, 3.8) is 0 Å². The highest BCUT2D eigenvalue weighted by Gasteiger charge is 2.30. The van der Waals surface area contributed by atoms with Crippen molar-refractivity contribution >= 4 is 11.9 Å².